The fraction of sp³-hybridized carbons (Fsp3) is 0.222. The number of benzene rings is 2. The molecule has 0 unspecified atom stereocenters. The van der Waals surface area contributed by atoms with Crippen LogP contribution in [0.3, 0.4) is 0 Å². The van der Waals surface area contributed by atoms with E-state index in [4.69, 9.17) is 20.9 Å². The van der Waals surface area contributed by atoms with Crippen LogP contribution in [0.5, 0.6) is 11.5 Å². The number of aryl methyl sites for hydroxylation is 1. The molecule has 28 heavy (non-hydrogen) atoms. The molecule has 10 heteroatoms. The highest BCUT2D eigenvalue weighted by Gasteiger charge is 2.46. The Morgan fingerprint density at radius 1 is 1.00 bits per heavy atom. The van der Waals surface area contributed by atoms with Gasteiger partial charge in [0, 0.05) is 5.56 Å². The van der Waals surface area contributed by atoms with Crippen molar-refractivity contribution < 1.29 is 29.3 Å². The summed E-state index contributed by atoms with van der Waals surface area (Å²) in [4.78, 5) is 24.4. The Labute approximate surface area is 177 Å². The fourth-order valence-electron chi connectivity index (χ4n) is 2.58. The lowest BCUT2D eigenvalue weighted by Gasteiger charge is -2.35. The standard InChI is InChI=1S/C18H18Br2N2O6/c1-9-4-2-3-5-10(9)18(27-13(23)7-21,28-14(24)8-22)11-6-12(19)17(26)15(20)16(11)25/h2-6,25-26H,7-8,21-22H2,1H3. The third-order valence-electron chi connectivity index (χ3n) is 3.87. The van der Waals surface area contributed by atoms with E-state index in [1.165, 1.54) is 6.07 Å². The highest BCUT2D eigenvalue weighted by atomic mass is 79.9. The molecule has 6 N–H and O–H groups in total. The van der Waals surface area contributed by atoms with Crippen molar-refractivity contribution in [1.29, 1.82) is 0 Å². The zero-order valence-electron chi connectivity index (χ0n) is 14.7. The van der Waals surface area contributed by atoms with Gasteiger partial charge in [0.2, 0.25) is 0 Å². The topological polar surface area (TPSA) is 145 Å². The van der Waals surface area contributed by atoms with E-state index < -0.39 is 36.6 Å². The summed E-state index contributed by atoms with van der Waals surface area (Å²) in [5.41, 5.74) is 11.5. The summed E-state index contributed by atoms with van der Waals surface area (Å²) in [5.74, 6) is -4.78. The molecule has 0 aliphatic heterocycles. The van der Waals surface area contributed by atoms with Gasteiger partial charge in [-0.15, -0.1) is 0 Å². The number of aromatic hydroxyl groups is 2. The smallest absolute Gasteiger partial charge is 0.323 e. The molecule has 0 fully saturated rings. The molecule has 2 aromatic carbocycles. The molecule has 0 aliphatic rings. The van der Waals surface area contributed by atoms with Gasteiger partial charge in [0.1, 0.15) is 16.0 Å². The van der Waals surface area contributed by atoms with Crippen LogP contribution in [0.2, 0.25) is 0 Å². The highest BCUT2D eigenvalue weighted by molar-refractivity contribution is 9.11. The van der Waals surface area contributed by atoms with Gasteiger partial charge >= 0.3 is 17.7 Å². The number of halogens is 2. The minimum atomic E-state index is -2.19. The van der Waals surface area contributed by atoms with Crippen molar-refractivity contribution in [2.75, 3.05) is 13.1 Å². The van der Waals surface area contributed by atoms with Crippen LogP contribution < -0.4 is 11.5 Å². The average molecular weight is 518 g/mol. The number of carbonyl (C=O) groups is 2. The number of hydrogen-bond donors (Lipinski definition) is 4. The second-order valence-electron chi connectivity index (χ2n) is 5.71. The third-order valence-corrected chi connectivity index (χ3v) is 5.23. The number of rotatable bonds is 6. The maximum atomic E-state index is 12.2. The molecule has 0 heterocycles. The minimum Gasteiger partial charge on any atom is -0.506 e. The van der Waals surface area contributed by atoms with Gasteiger partial charge in [0.05, 0.1) is 23.1 Å². The van der Waals surface area contributed by atoms with Crippen molar-refractivity contribution in [3.05, 3.63) is 56.0 Å². The van der Waals surface area contributed by atoms with Crippen LogP contribution >= 0.6 is 31.9 Å². The van der Waals surface area contributed by atoms with Gasteiger partial charge < -0.3 is 31.2 Å². The summed E-state index contributed by atoms with van der Waals surface area (Å²) in [5, 5.41) is 20.7. The van der Waals surface area contributed by atoms with Crippen molar-refractivity contribution in [1.82, 2.24) is 0 Å². The molecule has 0 spiro atoms. The van der Waals surface area contributed by atoms with Gasteiger partial charge in [-0.2, -0.15) is 0 Å². The second-order valence-corrected chi connectivity index (χ2v) is 7.35. The molecule has 0 saturated carbocycles. The van der Waals surface area contributed by atoms with Crippen LogP contribution in [0, 0.1) is 6.92 Å². The van der Waals surface area contributed by atoms with E-state index in [0.717, 1.165) is 0 Å². The van der Waals surface area contributed by atoms with E-state index in [9.17, 15) is 19.8 Å². The monoisotopic (exact) mass is 516 g/mol. The number of phenols is 2. The summed E-state index contributed by atoms with van der Waals surface area (Å²) in [6.07, 6.45) is 0. The number of nitrogens with two attached hydrogens (primary N) is 2. The molecule has 8 nitrogen and oxygen atoms in total. The van der Waals surface area contributed by atoms with Crippen molar-refractivity contribution in [3.8, 4) is 11.5 Å². The first kappa shape index (κ1) is 22.2. The van der Waals surface area contributed by atoms with Gasteiger partial charge in [-0.25, -0.2) is 0 Å². The van der Waals surface area contributed by atoms with Crippen LogP contribution in [-0.2, 0) is 24.8 Å². The normalized spacial score (nSPS) is 11.2. The van der Waals surface area contributed by atoms with Crippen LogP contribution in [0.1, 0.15) is 16.7 Å². The molecule has 150 valence electrons. The van der Waals surface area contributed by atoms with Gasteiger partial charge in [-0.3, -0.25) is 9.59 Å². The molecule has 0 radical (unpaired) electrons. The van der Waals surface area contributed by atoms with E-state index in [-0.39, 0.29) is 25.8 Å². The predicted octanol–water partition coefficient (Wildman–Crippen LogP) is 2.14. The Hall–Kier alpha value is -2.14. The maximum Gasteiger partial charge on any atom is 0.323 e. The molecule has 0 atom stereocenters. The zero-order chi connectivity index (χ0) is 21.1. The molecule has 0 aromatic heterocycles. The molecular weight excluding hydrogens is 500 g/mol. The number of esters is 2. The average Bonchev–Trinajstić information content (AvgIpc) is 2.68. The summed E-state index contributed by atoms with van der Waals surface area (Å²) in [6.45, 7) is 0.697. The van der Waals surface area contributed by atoms with Gasteiger partial charge in [0.15, 0.2) is 0 Å². The minimum absolute atomic E-state index is 0.0950. The first-order valence-corrected chi connectivity index (χ1v) is 9.56. The van der Waals surface area contributed by atoms with E-state index in [1.807, 2.05) is 0 Å². The Kier molecular flexibility index (Phi) is 7.05. The van der Waals surface area contributed by atoms with E-state index >= 15 is 0 Å². The molecule has 2 aromatic rings. The number of ether oxygens (including phenoxy) is 2. The van der Waals surface area contributed by atoms with E-state index in [1.54, 1.807) is 31.2 Å². The first-order valence-electron chi connectivity index (χ1n) is 7.98. The van der Waals surface area contributed by atoms with E-state index in [2.05, 4.69) is 31.9 Å². The van der Waals surface area contributed by atoms with Crippen LogP contribution in [-0.4, -0.2) is 35.2 Å². The van der Waals surface area contributed by atoms with E-state index in [0.29, 0.717) is 5.56 Å². The fourth-order valence-corrected chi connectivity index (χ4v) is 3.70. The van der Waals surface area contributed by atoms with Crippen molar-refractivity contribution in [2.24, 2.45) is 11.5 Å². The van der Waals surface area contributed by atoms with Crippen LogP contribution in [0.25, 0.3) is 0 Å². The first-order chi connectivity index (χ1) is 13.2. The number of carbonyl (C=O) groups excluding carboxylic acids is 2. The van der Waals surface area contributed by atoms with Gasteiger partial charge in [-0.05, 0) is 50.4 Å². The largest absolute Gasteiger partial charge is 0.506 e. The lowest BCUT2D eigenvalue weighted by Crippen LogP contribution is -2.42. The van der Waals surface area contributed by atoms with Gasteiger partial charge in [0.25, 0.3) is 0 Å². The summed E-state index contributed by atoms with van der Waals surface area (Å²) in [6, 6.07) is 7.93. The molecule has 0 aliphatic carbocycles. The van der Waals surface area contributed by atoms with Crippen molar-refractivity contribution >= 4 is 43.8 Å². The Balaban J connectivity index is 2.93. The lowest BCUT2D eigenvalue weighted by atomic mass is 9.92. The van der Waals surface area contributed by atoms with Crippen LogP contribution in [0.15, 0.2) is 39.3 Å². The lowest BCUT2D eigenvalue weighted by molar-refractivity contribution is -0.217. The van der Waals surface area contributed by atoms with Gasteiger partial charge in [-0.1, -0.05) is 24.3 Å². The Morgan fingerprint density at radius 2 is 1.54 bits per heavy atom. The zero-order valence-corrected chi connectivity index (χ0v) is 17.9. The van der Waals surface area contributed by atoms with Crippen LogP contribution in [0.4, 0.5) is 0 Å². The molecular formula is C18H18Br2N2O6. The number of hydrogen-bond acceptors (Lipinski definition) is 8. The highest BCUT2D eigenvalue weighted by Crippen LogP contribution is 2.49. The molecule has 0 amide bonds. The predicted molar refractivity (Wildman–Crippen MR) is 107 cm³/mol. The molecule has 0 bridgehead atoms. The Bertz CT molecular complexity index is 901. The SMILES string of the molecule is Cc1ccccc1C(OC(=O)CN)(OC(=O)CN)c1cc(Br)c(O)c(Br)c1O. The second kappa shape index (κ2) is 8.91. The van der Waals surface area contributed by atoms with Crippen molar-refractivity contribution in [3.63, 3.8) is 0 Å². The number of phenolic OH excluding ortho intramolecular Hbond substituents is 2. The van der Waals surface area contributed by atoms with Crippen molar-refractivity contribution in [2.45, 2.75) is 12.7 Å². The Morgan fingerprint density at radius 3 is 2.04 bits per heavy atom. The quantitative estimate of drug-likeness (QED) is 0.337. The molecule has 0 saturated heterocycles. The molecule has 2 rings (SSSR count). The third kappa shape index (κ3) is 4.14. The summed E-state index contributed by atoms with van der Waals surface area (Å²) in [7, 11) is 0. The summed E-state index contributed by atoms with van der Waals surface area (Å²) >= 11 is 6.23. The summed E-state index contributed by atoms with van der Waals surface area (Å²) < 4.78 is 11.1. The maximum absolute atomic E-state index is 12.2.